The number of halogens is 1. The van der Waals surface area contributed by atoms with Gasteiger partial charge in [-0.1, -0.05) is 11.6 Å². The third-order valence-corrected chi connectivity index (χ3v) is 2.77. The average Bonchev–Trinajstić information content (AvgIpc) is 2.36. The number of hydrogen-bond donors (Lipinski definition) is 2. The number of nitrogens with zero attached hydrogens (tertiary/aromatic N) is 1. The van der Waals surface area contributed by atoms with Gasteiger partial charge in [-0.3, -0.25) is 0 Å². The summed E-state index contributed by atoms with van der Waals surface area (Å²) in [4.78, 5) is 4.50. The molecular formula is C6H9ClN2OS. The first kappa shape index (κ1) is 8.93. The number of aliphatic hydroxyl groups is 1. The van der Waals surface area contributed by atoms with E-state index < -0.39 is 5.60 Å². The summed E-state index contributed by atoms with van der Waals surface area (Å²) in [5, 5.41) is 9.59. The van der Waals surface area contributed by atoms with Crippen LogP contribution in [0.2, 0.25) is 4.47 Å². The van der Waals surface area contributed by atoms with E-state index in [9.17, 15) is 5.11 Å². The zero-order valence-electron chi connectivity index (χ0n) is 6.04. The predicted octanol–water partition coefficient (Wildman–Crippen LogP) is 0.963. The molecule has 1 heterocycles. The molecule has 0 fully saturated rings. The van der Waals surface area contributed by atoms with Gasteiger partial charge in [0, 0.05) is 12.7 Å². The van der Waals surface area contributed by atoms with Crippen LogP contribution in [0.15, 0.2) is 6.20 Å². The summed E-state index contributed by atoms with van der Waals surface area (Å²) >= 11 is 6.82. The Morgan fingerprint density at radius 3 is 2.91 bits per heavy atom. The van der Waals surface area contributed by atoms with Crippen LogP contribution in [0.5, 0.6) is 0 Å². The minimum absolute atomic E-state index is 0.172. The van der Waals surface area contributed by atoms with Crippen LogP contribution in [-0.2, 0) is 5.60 Å². The summed E-state index contributed by atoms with van der Waals surface area (Å²) in [6, 6.07) is 0. The molecular weight excluding hydrogens is 184 g/mol. The van der Waals surface area contributed by atoms with Gasteiger partial charge in [0.2, 0.25) is 0 Å². The normalized spacial score (nSPS) is 16.4. The average molecular weight is 193 g/mol. The van der Waals surface area contributed by atoms with Crippen molar-refractivity contribution in [3.8, 4) is 0 Å². The second-order valence-electron chi connectivity index (χ2n) is 2.46. The highest BCUT2D eigenvalue weighted by molar-refractivity contribution is 7.15. The molecule has 1 aromatic rings. The number of thiazole rings is 1. The van der Waals surface area contributed by atoms with Crippen molar-refractivity contribution in [1.29, 1.82) is 0 Å². The van der Waals surface area contributed by atoms with Gasteiger partial charge < -0.3 is 10.8 Å². The summed E-state index contributed by atoms with van der Waals surface area (Å²) < 4.78 is 0.425. The third-order valence-electron chi connectivity index (χ3n) is 1.41. The zero-order valence-corrected chi connectivity index (χ0v) is 7.61. The lowest BCUT2D eigenvalue weighted by molar-refractivity contribution is 0.0705. The molecule has 0 aliphatic heterocycles. The van der Waals surface area contributed by atoms with Crippen LogP contribution in [0.4, 0.5) is 0 Å². The third kappa shape index (κ3) is 1.90. The van der Waals surface area contributed by atoms with E-state index in [0.717, 1.165) is 0 Å². The first-order valence-corrected chi connectivity index (χ1v) is 4.30. The Labute approximate surface area is 73.8 Å². The fourth-order valence-electron chi connectivity index (χ4n) is 0.602. The molecule has 0 saturated carbocycles. The lowest BCUT2D eigenvalue weighted by Gasteiger charge is -2.17. The Balaban J connectivity index is 2.92. The molecule has 62 valence electrons. The van der Waals surface area contributed by atoms with Crippen molar-refractivity contribution < 1.29 is 5.11 Å². The highest BCUT2D eigenvalue weighted by Gasteiger charge is 2.23. The van der Waals surface area contributed by atoms with Crippen molar-refractivity contribution in [2.75, 3.05) is 6.54 Å². The van der Waals surface area contributed by atoms with E-state index in [1.807, 2.05) is 0 Å². The maximum absolute atomic E-state index is 9.59. The van der Waals surface area contributed by atoms with Gasteiger partial charge in [-0.05, 0) is 6.92 Å². The van der Waals surface area contributed by atoms with Crippen LogP contribution < -0.4 is 5.73 Å². The van der Waals surface area contributed by atoms with E-state index in [1.165, 1.54) is 11.3 Å². The molecule has 0 spiro atoms. The van der Waals surface area contributed by atoms with Gasteiger partial charge in [0.1, 0.15) is 5.60 Å². The summed E-state index contributed by atoms with van der Waals surface area (Å²) in [5.74, 6) is 0. The van der Waals surface area contributed by atoms with Gasteiger partial charge in [-0.2, -0.15) is 0 Å². The quantitative estimate of drug-likeness (QED) is 0.734. The second-order valence-corrected chi connectivity index (χ2v) is 4.07. The van der Waals surface area contributed by atoms with Gasteiger partial charge in [0.05, 0.1) is 4.88 Å². The maximum Gasteiger partial charge on any atom is 0.183 e. The van der Waals surface area contributed by atoms with Crippen molar-refractivity contribution in [2.24, 2.45) is 5.73 Å². The zero-order chi connectivity index (χ0) is 8.48. The Bertz CT molecular complexity index is 248. The van der Waals surface area contributed by atoms with Crippen molar-refractivity contribution in [2.45, 2.75) is 12.5 Å². The maximum atomic E-state index is 9.59. The molecule has 1 atom stereocenters. The highest BCUT2D eigenvalue weighted by atomic mass is 35.5. The number of rotatable bonds is 2. The summed E-state index contributed by atoms with van der Waals surface area (Å²) in [7, 11) is 0. The van der Waals surface area contributed by atoms with E-state index in [-0.39, 0.29) is 6.54 Å². The number of aromatic nitrogens is 1. The fraction of sp³-hybridized carbons (Fsp3) is 0.500. The second kappa shape index (κ2) is 3.06. The Hall–Kier alpha value is -0.160. The van der Waals surface area contributed by atoms with Gasteiger partial charge in [0.15, 0.2) is 4.47 Å². The van der Waals surface area contributed by atoms with Gasteiger partial charge in [0.25, 0.3) is 0 Å². The van der Waals surface area contributed by atoms with E-state index in [1.54, 1.807) is 13.1 Å². The summed E-state index contributed by atoms with van der Waals surface area (Å²) in [5.41, 5.74) is 4.34. The molecule has 1 unspecified atom stereocenters. The van der Waals surface area contributed by atoms with Gasteiger partial charge in [-0.25, -0.2) is 4.98 Å². The molecule has 3 N–H and O–H groups in total. The SMILES string of the molecule is CC(O)(CN)c1cnc(Cl)s1. The van der Waals surface area contributed by atoms with Crippen LogP contribution in [0.25, 0.3) is 0 Å². The first-order valence-electron chi connectivity index (χ1n) is 3.10. The molecule has 0 aromatic carbocycles. The molecule has 5 heteroatoms. The van der Waals surface area contributed by atoms with Crippen molar-refractivity contribution in [3.63, 3.8) is 0 Å². The number of hydrogen-bond acceptors (Lipinski definition) is 4. The fourth-order valence-corrected chi connectivity index (χ4v) is 1.60. The van der Waals surface area contributed by atoms with Crippen molar-refractivity contribution in [3.05, 3.63) is 15.5 Å². The largest absolute Gasteiger partial charge is 0.383 e. The van der Waals surface area contributed by atoms with E-state index in [4.69, 9.17) is 17.3 Å². The molecule has 11 heavy (non-hydrogen) atoms. The monoisotopic (exact) mass is 192 g/mol. The molecule has 1 rings (SSSR count). The Kier molecular flexibility index (Phi) is 2.49. The predicted molar refractivity (Wildman–Crippen MR) is 45.7 cm³/mol. The van der Waals surface area contributed by atoms with Gasteiger partial charge in [-0.15, -0.1) is 11.3 Å². The van der Waals surface area contributed by atoms with E-state index >= 15 is 0 Å². The van der Waals surface area contributed by atoms with Crippen LogP contribution in [0.3, 0.4) is 0 Å². The summed E-state index contributed by atoms with van der Waals surface area (Å²) in [6.07, 6.45) is 1.54. The molecule has 0 saturated heterocycles. The van der Waals surface area contributed by atoms with Crippen molar-refractivity contribution >= 4 is 22.9 Å². The Morgan fingerprint density at radius 1 is 1.91 bits per heavy atom. The molecule has 3 nitrogen and oxygen atoms in total. The highest BCUT2D eigenvalue weighted by Crippen LogP contribution is 2.27. The first-order chi connectivity index (χ1) is 5.06. The number of nitrogens with two attached hydrogens (primary N) is 1. The van der Waals surface area contributed by atoms with Crippen LogP contribution >= 0.6 is 22.9 Å². The lowest BCUT2D eigenvalue weighted by Crippen LogP contribution is -2.30. The Morgan fingerprint density at radius 2 is 2.55 bits per heavy atom. The van der Waals surface area contributed by atoms with E-state index in [2.05, 4.69) is 4.98 Å². The molecule has 0 aliphatic rings. The van der Waals surface area contributed by atoms with E-state index in [0.29, 0.717) is 9.34 Å². The minimum Gasteiger partial charge on any atom is -0.383 e. The lowest BCUT2D eigenvalue weighted by atomic mass is 10.1. The van der Waals surface area contributed by atoms with Crippen LogP contribution in [0.1, 0.15) is 11.8 Å². The molecule has 0 radical (unpaired) electrons. The molecule has 0 amide bonds. The molecule has 1 aromatic heterocycles. The topological polar surface area (TPSA) is 59.1 Å². The van der Waals surface area contributed by atoms with Crippen molar-refractivity contribution in [1.82, 2.24) is 4.98 Å². The van der Waals surface area contributed by atoms with Crippen LogP contribution in [0, 0.1) is 0 Å². The molecule has 0 bridgehead atoms. The summed E-state index contributed by atoms with van der Waals surface area (Å²) in [6.45, 7) is 1.81. The smallest absolute Gasteiger partial charge is 0.183 e. The minimum atomic E-state index is -0.995. The molecule has 0 aliphatic carbocycles. The van der Waals surface area contributed by atoms with Crippen LogP contribution in [-0.4, -0.2) is 16.6 Å². The van der Waals surface area contributed by atoms with Gasteiger partial charge >= 0.3 is 0 Å². The standard InChI is InChI=1S/C6H9ClN2OS/c1-6(10,3-8)4-2-9-5(7)11-4/h2,10H,3,8H2,1H3.